The molecule has 1 heterocycles. The van der Waals surface area contributed by atoms with Crippen molar-refractivity contribution >= 4 is 33.7 Å². The Morgan fingerprint density at radius 3 is 2.71 bits per heavy atom. The van der Waals surface area contributed by atoms with Crippen molar-refractivity contribution < 1.29 is 23.5 Å². The number of anilines is 1. The number of methoxy groups -OCH3 is 1. The van der Waals surface area contributed by atoms with E-state index >= 15 is 0 Å². The zero-order valence-electron chi connectivity index (χ0n) is 15.9. The molecular formula is C20H21BrN2O5. The summed E-state index contributed by atoms with van der Waals surface area (Å²) in [6, 6.07) is 7.76. The van der Waals surface area contributed by atoms with Crippen molar-refractivity contribution in [1.29, 1.82) is 5.26 Å². The Labute approximate surface area is 171 Å². The lowest BCUT2D eigenvalue weighted by molar-refractivity contribution is -0.116. The number of esters is 1. The van der Waals surface area contributed by atoms with Crippen LogP contribution in [-0.4, -0.2) is 25.6 Å². The Hall–Kier alpha value is -2.79. The van der Waals surface area contributed by atoms with Gasteiger partial charge >= 0.3 is 5.97 Å². The van der Waals surface area contributed by atoms with Gasteiger partial charge in [0.05, 0.1) is 18.2 Å². The maximum atomic E-state index is 12.1. The first-order chi connectivity index (χ1) is 13.4. The fourth-order valence-electron chi connectivity index (χ4n) is 2.57. The van der Waals surface area contributed by atoms with Crippen LogP contribution in [0.2, 0.25) is 0 Å². The number of nitriles is 1. The van der Waals surface area contributed by atoms with Crippen LogP contribution in [0.3, 0.4) is 0 Å². The second-order valence-corrected chi connectivity index (χ2v) is 6.81. The van der Waals surface area contributed by atoms with E-state index in [1.54, 1.807) is 0 Å². The van der Waals surface area contributed by atoms with Crippen molar-refractivity contribution in [3.63, 3.8) is 0 Å². The van der Waals surface area contributed by atoms with Gasteiger partial charge in [-0.25, -0.2) is 4.79 Å². The van der Waals surface area contributed by atoms with Crippen LogP contribution >= 0.6 is 15.9 Å². The molecule has 0 saturated carbocycles. The lowest BCUT2D eigenvalue weighted by Gasteiger charge is -2.09. The van der Waals surface area contributed by atoms with E-state index in [9.17, 15) is 14.9 Å². The minimum absolute atomic E-state index is 0.0176. The summed E-state index contributed by atoms with van der Waals surface area (Å²) in [6.07, 6.45) is 1.58. The molecule has 0 saturated heterocycles. The molecule has 148 valence electrons. The second-order valence-electron chi connectivity index (χ2n) is 5.96. The van der Waals surface area contributed by atoms with Gasteiger partial charge in [0.1, 0.15) is 28.7 Å². The summed E-state index contributed by atoms with van der Waals surface area (Å²) in [5.41, 5.74) is 1.17. The van der Waals surface area contributed by atoms with Crippen molar-refractivity contribution in [1.82, 2.24) is 0 Å². The van der Waals surface area contributed by atoms with Crippen LogP contribution in [0, 0.1) is 18.3 Å². The average Bonchev–Trinajstić information content (AvgIpc) is 3.00. The van der Waals surface area contributed by atoms with Gasteiger partial charge < -0.3 is 13.9 Å². The van der Waals surface area contributed by atoms with E-state index in [0.717, 1.165) is 10.9 Å². The van der Waals surface area contributed by atoms with Crippen LogP contribution in [0.25, 0.3) is 0 Å². The number of hydrogen-bond acceptors (Lipinski definition) is 6. The number of ether oxygens (including phenoxy) is 2. The molecule has 0 atom stereocenters. The summed E-state index contributed by atoms with van der Waals surface area (Å²) in [5.74, 6) is -0.155. The van der Waals surface area contributed by atoms with Gasteiger partial charge in [0, 0.05) is 6.42 Å². The van der Waals surface area contributed by atoms with Crippen molar-refractivity contribution in [2.75, 3.05) is 19.0 Å². The van der Waals surface area contributed by atoms with Crippen molar-refractivity contribution in [3.05, 3.63) is 45.1 Å². The Balaban J connectivity index is 1.90. The standard InChI is InChI=1S/C20H21BrN2O5/c1-4-13-7-8-16(15(21)10-13)27-9-5-6-17(24)23-19-14(11-22)18(12(2)28-19)20(25)26-3/h7-8,10H,4-6,9H2,1-3H3,(H,23,24). The Morgan fingerprint density at radius 1 is 1.36 bits per heavy atom. The molecule has 2 aromatic rings. The van der Waals surface area contributed by atoms with Gasteiger partial charge in [0.15, 0.2) is 0 Å². The smallest absolute Gasteiger partial charge is 0.342 e. The third kappa shape index (κ3) is 5.14. The number of benzene rings is 1. The normalized spacial score (nSPS) is 10.2. The molecule has 0 spiro atoms. The molecule has 8 heteroatoms. The van der Waals surface area contributed by atoms with Crippen LogP contribution in [-0.2, 0) is 16.0 Å². The SMILES string of the molecule is CCc1ccc(OCCCC(=O)Nc2oc(C)c(C(=O)OC)c2C#N)c(Br)c1. The monoisotopic (exact) mass is 448 g/mol. The Morgan fingerprint density at radius 2 is 2.11 bits per heavy atom. The predicted octanol–water partition coefficient (Wildman–Crippen LogP) is 4.37. The highest BCUT2D eigenvalue weighted by molar-refractivity contribution is 9.10. The number of amides is 1. The highest BCUT2D eigenvalue weighted by atomic mass is 79.9. The molecule has 2 rings (SSSR count). The summed E-state index contributed by atoms with van der Waals surface area (Å²) in [7, 11) is 1.21. The first kappa shape index (κ1) is 21.5. The molecule has 1 aromatic carbocycles. The molecule has 0 radical (unpaired) electrons. The zero-order chi connectivity index (χ0) is 20.7. The highest BCUT2D eigenvalue weighted by Gasteiger charge is 2.25. The fourth-order valence-corrected chi connectivity index (χ4v) is 3.11. The third-order valence-corrected chi connectivity index (χ3v) is 4.67. The van der Waals surface area contributed by atoms with E-state index in [1.807, 2.05) is 24.3 Å². The highest BCUT2D eigenvalue weighted by Crippen LogP contribution is 2.28. The van der Waals surface area contributed by atoms with E-state index in [2.05, 4.69) is 32.9 Å². The summed E-state index contributed by atoms with van der Waals surface area (Å²) in [4.78, 5) is 23.9. The number of furan rings is 1. The predicted molar refractivity (Wildman–Crippen MR) is 106 cm³/mol. The molecule has 1 aromatic heterocycles. The van der Waals surface area contributed by atoms with Gasteiger partial charge in [0.2, 0.25) is 11.8 Å². The molecule has 1 amide bonds. The molecule has 0 aliphatic heterocycles. The molecular weight excluding hydrogens is 428 g/mol. The summed E-state index contributed by atoms with van der Waals surface area (Å²) in [5, 5.41) is 11.8. The number of rotatable bonds is 8. The third-order valence-electron chi connectivity index (χ3n) is 4.05. The van der Waals surface area contributed by atoms with E-state index in [1.165, 1.54) is 19.6 Å². The van der Waals surface area contributed by atoms with Gasteiger partial charge in [0.25, 0.3) is 0 Å². The minimum Gasteiger partial charge on any atom is -0.492 e. The van der Waals surface area contributed by atoms with Gasteiger partial charge in [-0.05, 0) is 53.4 Å². The first-order valence-corrected chi connectivity index (χ1v) is 9.53. The van der Waals surface area contributed by atoms with E-state index in [0.29, 0.717) is 18.8 Å². The lowest BCUT2D eigenvalue weighted by atomic mass is 10.1. The quantitative estimate of drug-likeness (QED) is 0.475. The largest absolute Gasteiger partial charge is 0.492 e. The molecule has 0 bridgehead atoms. The van der Waals surface area contributed by atoms with E-state index in [4.69, 9.17) is 9.15 Å². The van der Waals surface area contributed by atoms with Crippen molar-refractivity contribution in [2.45, 2.75) is 33.1 Å². The Kier molecular flexibility index (Phi) is 7.64. The van der Waals surface area contributed by atoms with Gasteiger partial charge in [-0.15, -0.1) is 0 Å². The number of halogens is 1. The number of nitrogens with one attached hydrogen (secondary N) is 1. The molecule has 0 unspecified atom stereocenters. The van der Waals surface area contributed by atoms with E-state index in [-0.39, 0.29) is 35.1 Å². The number of nitrogens with zero attached hydrogens (tertiary/aromatic N) is 1. The first-order valence-electron chi connectivity index (χ1n) is 8.74. The minimum atomic E-state index is -0.689. The van der Waals surface area contributed by atoms with Crippen molar-refractivity contribution in [2.24, 2.45) is 0 Å². The summed E-state index contributed by atoms with van der Waals surface area (Å²) in [6.45, 7) is 3.96. The number of carbonyl (C=O) groups excluding carboxylic acids is 2. The topological polar surface area (TPSA) is 102 Å². The van der Waals surface area contributed by atoms with Crippen LogP contribution < -0.4 is 10.1 Å². The molecule has 0 aliphatic carbocycles. The van der Waals surface area contributed by atoms with Crippen molar-refractivity contribution in [3.8, 4) is 11.8 Å². The molecule has 7 nitrogen and oxygen atoms in total. The summed E-state index contributed by atoms with van der Waals surface area (Å²) < 4.78 is 16.5. The van der Waals surface area contributed by atoms with Gasteiger partial charge in [-0.2, -0.15) is 5.26 Å². The Bertz CT molecular complexity index is 914. The fraction of sp³-hybridized carbons (Fsp3) is 0.350. The average molecular weight is 449 g/mol. The van der Waals surface area contributed by atoms with E-state index < -0.39 is 5.97 Å². The number of aryl methyl sites for hydroxylation is 2. The zero-order valence-corrected chi connectivity index (χ0v) is 17.5. The van der Waals surface area contributed by atoms with Crippen LogP contribution in [0.1, 0.15) is 47.0 Å². The number of hydrogen-bond donors (Lipinski definition) is 1. The molecule has 1 N–H and O–H groups in total. The maximum Gasteiger partial charge on any atom is 0.342 e. The van der Waals surface area contributed by atoms with Crippen LogP contribution in [0.15, 0.2) is 27.1 Å². The molecule has 0 fully saturated rings. The molecule has 0 aliphatic rings. The van der Waals surface area contributed by atoms with Crippen LogP contribution in [0.5, 0.6) is 5.75 Å². The van der Waals surface area contributed by atoms with Crippen LogP contribution in [0.4, 0.5) is 5.88 Å². The maximum absolute atomic E-state index is 12.1. The van der Waals surface area contributed by atoms with Gasteiger partial charge in [-0.3, -0.25) is 10.1 Å². The second kappa shape index (κ2) is 9.95. The summed E-state index contributed by atoms with van der Waals surface area (Å²) >= 11 is 3.47. The van der Waals surface area contributed by atoms with Gasteiger partial charge in [-0.1, -0.05) is 13.0 Å². The lowest BCUT2D eigenvalue weighted by Crippen LogP contribution is -2.13. The molecule has 28 heavy (non-hydrogen) atoms. The number of carbonyl (C=O) groups is 2.